The Morgan fingerprint density at radius 2 is 2.55 bits per heavy atom. The fourth-order valence-electron chi connectivity index (χ4n) is 1.49. The van der Waals surface area contributed by atoms with Crippen LogP contribution in [0.25, 0.3) is 0 Å². The van der Waals surface area contributed by atoms with Gasteiger partial charge in [-0.15, -0.1) is 0 Å². The molecule has 0 bridgehead atoms. The Hall–Kier alpha value is -0.990. The van der Waals surface area contributed by atoms with E-state index in [4.69, 9.17) is 0 Å². The molecule has 1 aliphatic rings. The summed E-state index contributed by atoms with van der Waals surface area (Å²) in [7, 11) is 0. The van der Waals surface area contributed by atoms with Crippen molar-refractivity contribution in [3.8, 4) is 0 Å². The lowest BCUT2D eigenvalue weighted by Gasteiger charge is -2.21. The van der Waals surface area contributed by atoms with E-state index >= 15 is 0 Å². The van der Waals surface area contributed by atoms with E-state index in [2.05, 4.69) is 28.0 Å². The quantitative estimate of drug-likeness (QED) is 0.605. The Balaban J connectivity index is 2.34. The summed E-state index contributed by atoms with van der Waals surface area (Å²) in [6, 6.07) is 0. The molecule has 0 saturated heterocycles. The van der Waals surface area contributed by atoms with Gasteiger partial charge in [0.15, 0.2) is 0 Å². The van der Waals surface area contributed by atoms with Crippen molar-refractivity contribution in [3.63, 3.8) is 0 Å². The second-order valence-electron chi connectivity index (χ2n) is 3.34. The van der Waals surface area contributed by atoms with E-state index < -0.39 is 0 Å². The lowest BCUT2D eigenvalue weighted by atomic mass is 10.1. The molecule has 0 spiro atoms. The number of aryl methyl sites for hydroxylation is 1. The van der Waals surface area contributed by atoms with Crippen LogP contribution in [-0.4, -0.2) is 16.1 Å². The molecular weight excluding hydrogens is 138 g/mol. The van der Waals surface area contributed by atoms with Gasteiger partial charge in [0, 0.05) is 19.3 Å². The van der Waals surface area contributed by atoms with Crippen LogP contribution >= 0.6 is 0 Å². The third-order valence-electron chi connectivity index (χ3n) is 2.01. The predicted molar refractivity (Wildman–Crippen MR) is 44.6 cm³/mol. The second kappa shape index (κ2) is 2.26. The molecule has 1 unspecified atom stereocenters. The standard InChI is InChI=1S/C8H13N3/c1-6-3-9-8-10-7(2)5-11(8)4-6/h5-6H,3-4H2,1-2H3,(H,9,10). The average molecular weight is 151 g/mol. The van der Waals surface area contributed by atoms with Crippen molar-refractivity contribution in [2.45, 2.75) is 20.4 Å². The molecule has 60 valence electrons. The number of aromatic nitrogens is 2. The number of hydrogen-bond donors (Lipinski definition) is 1. The normalized spacial score (nSPS) is 22.5. The molecule has 0 aromatic carbocycles. The summed E-state index contributed by atoms with van der Waals surface area (Å²) < 4.78 is 2.18. The highest BCUT2D eigenvalue weighted by molar-refractivity contribution is 5.30. The van der Waals surface area contributed by atoms with E-state index in [0.29, 0.717) is 0 Å². The number of rotatable bonds is 0. The van der Waals surface area contributed by atoms with Crippen LogP contribution in [0.4, 0.5) is 5.95 Å². The molecule has 3 nitrogen and oxygen atoms in total. The molecule has 11 heavy (non-hydrogen) atoms. The van der Waals surface area contributed by atoms with Gasteiger partial charge >= 0.3 is 0 Å². The number of anilines is 1. The van der Waals surface area contributed by atoms with Gasteiger partial charge in [-0.1, -0.05) is 6.92 Å². The molecule has 2 rings (SSSR count). The summed E-state index contributed by atoms with van der Waals surface area (Å²) in [5.74, 6) is 1.75. The summed E-state index contributed by atoms with van der Waals surface area (Å²) in [6.45, 7) is 6.42. The lowest BCUT2D eigenvalue weighted by molar-refractivity contribution is 0.477. The highest BCUT2D eigenvalue weighted by atomic mass is 15.2. The maximum absolute atomic E-state index is 4.34. The van der Waals surface area contributed by atoms with Crippen molar-refractivity contribution in [1.29, 1.82) is 0 Å². The first-order chi connectivity index (χ1) is 5.25. The van der Waals surface area contributed by atoms with Gasteiger partial charge in [-0.3, -0.25) is 0 Å². The molecule has 0 saturated carbocycles. The Morgan fingerprint density at radius 3 is 3.36 bits per heavy atom. The monoisotopic (exact) mass is 151 g/mol. The molecule has 1 atom stereocenters. The highest BCUT2D eigenvalue weighted by Crippen LogP contribution is 2.16. The van der Waals surface area contributed by atoms with Crippen LogP contribution in [0.3, 0.4) is 0 Å². The SMILES string of the molecule is Cc1cn2c(n1)NCC(C)C2. The third-order valence-corrected chi connectivity index (χ3v) is 2.01. The molecule has 1 N–H and O–H groups in total. The van der Waals surface area contributed by atoms with E-state index in [1.165, 1.54) is 0 Å². The first kappa shape index (κ1) is 6.70. The van der Waals surface area contributed by atoms with Crippen LogP contribution in [0.5, 0.6) is 0 Å². The van der Waals surface area contributed by atoms with Crippen molar-refractivity contribution >= 4 is 5.95 Å². The summed E-state index contributed by atoms with van der Waals surface area (Å²) in [6.07, 6.45) is 2.10. The smallest absolute Gasteiger partial charge is 0.203 e. The van der Waals surface area contributed by atoms with Crippen LogP contribution in [-0.2, 0) is 6.54 Å². The number of hydrogen-bond acceptors (Lipinski definition) is 2. The van der Waals surface area contributed by atoms with Crippen molar-refractivity contribution < 1.29 is 0 Å². The second-order valence-corrected chi connectivity index (χ2v) is 3.34. The fraction of sp³-hybridized carbons (Fsp3) is 0.625. The van der Waals surface area contributed by atoms with E-state index in [0.717, 1.165) is 30.6 Å². The van der Waals surface area contributed by atoms with Gasteiger partial charge in [0.1, 0.15) is 0 Å². The number of imidazole rings is 1. The largest absolute Gasteiger partial charge is 0.355 e. The molecule has 0 amide bonds. The van der Waals surface area contributed by atoms with Gasteiger partial charge in [0.25, 0.3) is 0 Å². The van der Waals surface area contributed by atoms with Crippen LogP contribution in [0.15, 0.2) is 6.20 Å². The highest BCUT2D eigenvalue weighted by Gasteiger charge is 2.14. The molecule has 1 aromatic heterocycles. The minimum atomic E-state index is 0.719. The van der Waals surface area contributed by atoms with Crippen molar-refractivity contribution in [2.24, 2.45) is 5.92 Å². The number of nitrogens with one attached hydrogen (secondary N) is 1. The van der Waals surface area contributed by atoms with Crippen LogP contribution in [0.1, 0.15) is 12.6 Å². The molecular formula is C8H13N3. The zero-order valence-corrected chi connectivity index (χ0v) is 6.96. The van der Waals surface area contributed by atoms with Gasteiger partial charge in [0.2, 0.25) is 5.95 Å². The minimum Gasteiger partial charge on any atom is -0.355 e. The average Bonchev–Trinajstić information content (AvgIpc) is 2.27. The van der Waals surface area contributed by atoms with E-state index in [1.54, 1.807) is 0 Å². The van der Waals surface area contributed by atoms with Crippen molar-refractivity contribution in [3.05, 3.63) is 11.9 Å². The Bertz CT molecular complexity index is 264. The zero-order chi connectivity index (χ0) is 7.84. The van der Waals surface area contributed by atoms with E-state index in [1.807, 2.05) is 6.92 Å². The Kier molecular flexibility index (Phi) is 1.37. The van der Waals surface area contributed by atoms with E-state index in [-0.39, 0.29) is 0 Å². The molecule has 0 radical (unpaired) electrons. The first-order valence-corrected chi connectivity index (χ1v) is 4.03. The summed E-state index contributed by atoms with van der Waals surface area (Å²) >= 11 is 0. The minimum absolute atomic E-state index is 0.719. The molecule has 2 heterocycles. The van der Waals surface area contributed by atoms with Crippen molar-refractivity contribution in [2.75, 3.05) is 11.9 Å². The van der Waals surface area contributed by atoms with Crippen molar-refractivity contribution in [1.82, 2.24) is 9.55 Å². The fourth-order valence-corrected chi connectivity index (χ4v) is 1.49. The summed E-state index contributed by atoms with van der Waals surface area (Å²) in [5, 5.41) is 3.29. The zero-order valence-electron chi connectivity index (χ0n) is 6.96. The third kappa shape index (κ3) is 1.11. The maximum Gasteiger partial charge on any atom is 0.203 e. The van der Waals surface area contributed by atoms with Crippen LogP contribution in [0.2, 0.25) is 0 Å². The van der Waals surface area contributed by atoms with Gasteiger partial charge in [-0.25, -0.2) is 4.98 Å². The molecule has 1 aliphatic heterocycles. The summed E-state index contributed by atoms with van der Waals surface area (Å²) in [4.78, 5) is 4.34. The summed E-state index contributed by atoms with van der Waals surface area (Å²) in [5.41, 5.74) is 1.10. The molecule has 3 heteroatoms. The maximum atomic E-state index is 4.34. The van der Waals surface area contributed by atoms with E-state index in [9.17, 15) is 0 Å². The number of fused-ring (bicyclic) bond motifs is 1. The van der Waals surface area contributed by atoms with Gasteiger partial charge in [0.05, 0.1) is 5.69 Å². The van der Waals surface area contributed by atoms with Crippen LogP contribution < -0.4 is 5.32 Å². The van der Waals surface area contributed by atoms with Gasteiger partial charge in [-0.05, 0) is 12.8 Å². The van der Waals surface area contributed by atoms with Gasteiger partial charge < -0.3 is 9.88 Å². The molecule has 0 fully saturated rings. The topological polar surface area (TPSA) is 29.9 Å². The Labute approximate surface area is 66.4 Å². The number of nitrogens with zero attached hydrogens (tertiary/aromatic N) is 2. The lowest BCUT2D eigenvalue weighted by Crippen LogP contribution is -2.24. The molecule has 1 aromatic rings. The molecule has 0 aliphatic carbocycles. The van der Waals surface area contributed by atoms with Crippen LogP contribution in [0, 0.1) is 12.8 Å². The first-order valence-electron chi connectivity index (χ1n) is 4.03. The predicted octanol–water partition coefficient (Wildman–Crippen LogP) is 1.25. The van der Waals surface area contributed by atoms with Gasteiger partial charge in [-0.2, -0.15) is 0 Å². The Morgan fingerprint density at radius 1 is 1.73 bits per heavy atom.